The molecule has 4 rings (SSSR count). The van der Waals surface area contributed by atoms with E-state index in [1.54, 1.807) is 36.4 Å². The van der Waals surface area contributed by atoms with Gasteiger partial charge in [-0.2, -0.15) is 5.10 Å². The van der Waals surface area contributed by atoms with Crippen LogP contribution in [0, 0.1) is 0 Å². The van der Waals surface area contributed by atoms with Gasteiger partial charge in [-0.15, -0.1) is 0 Å². The van der Waals surface area contributed by atoms with E-state index in [2.05, 4.69) is 10.4 Å². The summed E-state index contributed by atoms with van der Waals surface area (Å²) in [7, 11) is 4.60. The van der Waals surface area contributed by atoms with Crippen LogP contribution in [0.25, 0.3) is 10.8 Å². The van der Waals surface area contributed by atoms with E-state index < -0.39 is 5.91 Å². The van der Waals surface area contributed by atoms with Gasteiger partial charge >= 0.3 is 0 Å². The molecule has 0 radical (unpaired) electrons. The second-order valence-corrected chi connectivity index (χ2v) is 7.56. The van der Waals surface area contributed by atoms with Gasteiger partial charge in [0.2, 0.25) is 5.75 Å². The third kappa shape index (κ3) is 4.56. The molecule has 174 valence electrons. The van der Waals surface area contributed by atoms with Crippen molar-refractivity contribution in [2.24, 2.45) is 0 Å². The summed E-state index contributed by atoms with van der Waals surface area (Å²) in [6.45, 7) is 0.459. The Balaban J connectivity index is 1.66. The van der Waals surface area contributed by atoms with Crippen molar-refractivity contribution in [1.82, 2.24) is 15.1 Å². The molecule has 0 atom stereocenters. The van der Waals surface area contributed by atoms with E-state index in [1.165, 1.54) is 26.0 Å². The summed E-state index contributed by atoms with van der Waals surface area (Å²) in [6.07, 6.45) is 0. The summed E-state index contributed by atoms with van der Waals surface area (Å²) in [6, 6.07) is 20.0. The molecule has 3 aromatic carbocycles. The molecule has 0 fully saturated rings. The standard InChI is InChI=1S/C26H25N3O5/c1-32-21-13-18(14-22(33-2)24(21)34-3)15-27-25(30)23-19-11-7-8-12-20(19)26(31)29(28-23)16-17-9-5-4-6-10-17/h4-14H,15-16H2,1-3H3,(H,27,30). The number of nitrogens with zero attached hydrogens (tertiary/aromatic N) is 2. The first-order chi connectivity index (χ1) is 16.5. The summed E-state index contributed by atoms with van der Waals surface area (Å²) < 4.78 is 17.4. The molecule has 34 heavy (non-hydrogen) atoms. The average Bonchev–Trinajstić information content (AvgIpc) is 2.88. The monoisotopic (exact) mass is 459 g/mol. The molecule has 1 aromatic heterocycles. The molecule has 0 saturated carbocycles. The van der Waals surface area contributed by atoms with E-state index in [1.807, 2.05) is 30.3 Å². The summed E-state index contributed by atoms with van der Waals surface area (Å²) in [5, 5.41) is 8.25. The number of aromatic nitrogens is 2. The fourth-order valence-corrected chi connectivity index (χ4v) is 3.77. The predicted octanol–water partition coefficient (Wildman–Crippen LogP) is 3.40. The largest absolute Gasteiger partial charge is 0.493 e. The molecule has 0 aliphatic carbocycles. The number of hydrogen-bond acceptors (Lipinski definition) is 6. The number of carbonyl (C=O) groups is 1. The van der Waals surface area contributed by atoms with E-state index in [9.17, 15) is 9.59 Å². The lowest BCUT2D eigenvalue weighted by atomic mass is 10.1. The Morgan fingerprint density at radius 3 is 2.09 bits per heavy atom. The van der Waals surface area contributed by atoms with Crippen molar-refractivity contribution in [2.45, 2.75) is 13.1 Å². The Kier molecular flexibility index (Phi) is 6.77. The highest BCUT2D eigenvalue weighted by Crippen LogP contribution is 2.38. The van der Waals surface area contributed by atoms with Crippen molar-refractivity contribution in [2.75, 3.05) is 21.3 Å². The number of ether oxygens (including phenoxy) is 3. The average molecular weight is 460 g/mol. The van der Waals surface area contributed by atoms with Gasteiger partial charge in [-0.3, -0.25) is 9.59 Å². The van der Waals surface area contributed by atoms with Gasteiger partial charge in [-0.25, -0.2) is 4.68 Å². The molecule has 8 nitrogen and oxygen atoms in total. The minimum absolute atomic E-state index is 0.179. The molecular formula is C26H25N3O5. The summed E-state index contributed by atoms with van der Waals surface area (Å²) >= 11 is 0. The van der Waals surface area contributed by atoms with Crippen LogP contribution in [0.15, 0.2) is 71.5 Å². The van der Waals surface area contributed by atoms with Crippen molar-refractivity contribution < 1.29 is 19.0 Å². The van der Waals surface area contributed by atoms with Crippen LogP contribution >= 0.6 is 0 Å². The number of hydrogen-bond donors (Lipinski definition) is 1. The predicted molar refractivity (Wildman–Crippen MR) is 129 cm³/mol. The van der Waals surface area contributed by atoms with Gasteiger partial charge in [0.05, 0.1) is 33.3 Å². The minimum atomic E-state index is -0.397. The highest BCUT2D eigenvalue weighted by Gasteiger charge is 2.18. The molecule has 0 saturated heterocycles. The zero-order valence-corrected chi connectivity index (χ0v) is 19.2. The third-order valence-corrected chi connectivity index (χ3v) is 5.44. The van der Waals surface area contributed by atoms with E-state index in [0.29, 0.717) is 28.0 Å². The highest BCUT2D eigenvalue weighted by atomic mass is 16.5. The summed E-state index contributed by atoms with van der Waals surface area (Å²) in [4.78, 5) is 26.2. The molecule has 1 amide bonds. The third-order valence-electron chi connectivity index (χ3n) is 5.44. The first-order valence-corrected chi connectivity index (χ1v) is 10.7. The SMILES string of the molecule is COc1cc(CNC(=O)c2nn(Cc3ccccc3)c(=O)c3ccccc23)cc(OC)c1OC. The molecule has 1 N–H and O–H groups in total. The molecule has 0 aliphatic heterocycles. The van der Waals surface area contributed by atoms with E-state index >= 15 is 0 Å². The molecule has 1 heterocycles. The highest BCUT2D eigenvalue weighted by molar-refractivity contribution is 6.04. The zero-order valence-electron chi connectivity index (χ0n) is 19.2. The van der Waals surface area contributed by atoms with Crippen LogP contribution in [0.5, 0.6) is 17.2 Å². The number of benzene rings is 3. The number of carbonyl (C=O) groups excluding carboxylic acids is 1. The fourth-order valence-electron chi connectivity index (χ4n) is 3.77. The topological polar surface area (TPSA) is 91.7 Å². The van der Waals surface area contributed by atoms with Crippen molar-refractivity contribution >= 4 is 16.7 Å². The lowest BCUT2D eigenvalue weighted by Crippen LogP contribution is -2.30. The smallest absolute Gasteiger partial charge is 0.274 e. The van der Waals surface area contributed by atoms with Crippen LogP contribution in [0.4, 0.5) is 0 Å². The van der Waals surface area contributed by atoms with E-state index in [0.717, 1.165) is 11.1 Å². The molecule has 8 heteroatoms. The zero-order chi connectivity index (χ0) is 24.1. The molecule has 0 unspecified atom stereocenters. The maximum atomic E-state index is 13.2. The normalized spacial score (nSPS) is 10.7. The number of amides is 1. The Morgan fingerprint density at radius 2 is 1.47 bits per heavy atom. The van der Waals surface area contributed by atoms with Crippen molar-refractivity contribution in [1.29, 1.82) is 0 Å². The quantitative estimate of drug-likeness (QED) is 0.434. The van der Waals surface area contributed by atoms with Crippen LogP contribution in [-0.2, 0) is 13.1 Å². The van der Waals surface area contributed by atoms with Gasteiger partial charge in [-0.05, 0) is 29.3 Å². The van der Waals surface area contributed by atoms with Crippen molar-refractivity contribution in [3.8, 4) is 17.2 Å². The summed E-state index contributed by atoms with van der Waals surface area (Å²) in [5.74, 6) is 1.06. The first kappa shape index (κ1) is 22.8. The number of methoxy groups -OCH3 is 3. The Morgan fingerprint density at radius 1 is 0.853 bits per heavy atom. The van der Waals surface area contributed by atoms with Crippen LogP contribution in [-0.4, -0.2) is 37.0 Å². The summed E-state index contributed by atoms with van der Waals surface area (Å²) in [5.41, 5.74) is 1.60. The second kappa shape index (κ2) is 10.1. The molecule has 0 bridgehead atoms. The van der Waals surface area contributed by atoms with E-state index in [-0.39, 0.29) is 24.3 Å². The molecular weight excluding hydrogens is 434 g/mol. The second-order valence-electron chi connectivity index (χ2n) is 7.56. The van der Waals surface area contributed by atoms with Gasteiger partial charge in [-0.1, -0.05) is 48.5 Å². The first-order valence-electron chi connectivity index (χ1n) is 10.7. The number of fused-ring (bicyclic) bond motifs is 1. The van der Waals surface area contributed by atoms with Gasteiger partial charge in [0.25, 0.3) is 11.5 Å². The molecule has 0 spiro atoms. The molecule has 4 aromatic rings. The Hall–Kier alpha value is -4.33. The van der Waals surface area contributed by atoms with Gasteiger partial charge in [0.1, 0.15) is 0 Å². The van der Waals surface area contributed by atoms with Crippen molar-refractivity contribution in [3.63, 3.8) is 0 Å². The van der Waals surface area contributed by atoms with Gasteiger partial charge in [0.15, 0.2) is 17.2 Å². The maximum Gasteiger partial charge on any atom is 0.274 e. The Labute approximate surface area is 196 Å². The van der Waals surface area contributed by atoms with Crippen LogP contribution < -0.4 is 25.1 Å². The lowest BCUT2D eigenvalue weighted by Gasteiger charge is -2.15. The Bertz CT molecular complexity index is 1360. The van der Waals surface area contributed by atoms with Gasteiger partial charge < -0.3 is 19.5 Å². The van der Waals surface area contributed by atoms with Crippen LogP contribution in [0.1, 0.15) is 21.6 Å². The van der Waals surface area contributed by atoms with E-state index in [4.69, 9.17) is 14.2 Å². The maximum absolute atomic E-state index is 13.2. The lowest BCUT2D eigenvalue weighted by molar-refractivity contribution is 0.0945. The van der Waals surface area contributed by atoms with Gasteiger partial charge in [0, 0.05) is 11.9 Å². The van der Waals surface area contributed by atoms with Crippen molar-refractivity contribution in [3.05, 3.63) is 93.9 Å². The fraction of sp³-hybridized carbons (Fsp3) is 0.192. The number of nitrogens with one attached hydrogen (secondary N) is 1. The van der Waals surface area contributed by atoms with Crippen LogP contribution in [0.2, 0.25) is 0 Å². The van der Waals surface area contributed by atoms with Crippen LogP contribution in [0.3, 0.4) is 0 Å². The minimum Gasteiger partial charge on any atom is -0.493 e. The number of rotatable bonds is 8. The molecule has 0 aliphatic rings.